The minimum absolute atomic E-state index is 0.113. The number of anilines is 1. The van der Waals surface area contributed by atoms with Gasteiger partial charge in [-0.05, 0) is 48.7 Å². The van der Waals surface area contributed by atoms with E-state index in [1.54, 1.807) is 23.6 Å². The van der Waals surface area contributed by atoms with E-state index in [1.807, 2.05) is 31.3 Å². The van der Waals surface area contributed by atoms with Crippen molar-refractivity contribution in [3.8, 4) is 5.75 Å². The molecule has 162 valence electrons. The third-order valence-corrected chi connectivity index (χ3v) is 5.82. The average Bonchev–Trinajstić information content (AvgIpc) is 3.11. The summed E-state index contributed by atoms with van der Waals surface area (Å²) in [6, 6.07) is 12.7. The van der Waals surface area contributed by atoms with Gasteiger partial charge in [0.1, 0.15) is 12.4 Å². The average molecular weight is 441 g/mol. The van der Waals surface area contributed by atoms with E-state index in [-0.39, 0.29) is 23.8 Å². The number of aromatic nitrogens is 3. The maximum absolute atomic E-state index is 12.3. The van der Waals surface area contributed by atoms with E-state index in [0.29, 0.717) is 22.2 Å². The molecular weight excluding hydrogens is 416 g/mol. The Hall–Kier alpha value is -3.33. The number of benzene rings is 2. The Morgan fingerprint density at radius 1 is 1.16 bits per heavy atom. The van der Waals surface area contributed by atoms with E-state index < -0.39 is 5.97 Å². The van der Waals surface area contributed by atoms with Crippen molar-refractivity contribution in [3.63, 3.8) is 0 Å². The fraction of sp³-hybridized carbons (Fsp3) is 0.273. The molecule has 0 spiro atoms. The molecule has 1 heterocycles. The molecule has 0 saturated carbocycles. The number of thioether (sulfide) groups is 1. The topological polar surface area (TPSA) is 106 Å². The van der Waals surface area contributed by atoms with Gasteiger partial charge in [-0.3, -0.25) is 4.79 Å². The number of carboxylic acid groups (broad SMARTS) is 1. The summed E-state index contributed by atoms with van der Waals surface area (Å²) in [6.07, 6.45) is 0.974. The number of carbonyl (C=O) groups excluding carboxylic acids is 1. The van der Waals surface area contributed by atoms with Crippen molar-refractivity contribution >= 4 is 29.3 Å². The van der Waals surface area contributed by atoms with Crippen LogP contribution in [0.4, 0.5) is 5.69 Å². The van der Waals surface area contributed by atoms with E-state index in [2.05, 4.69) is 22.4 Å². The predicted molar refractivity (Wildman–Crippen MR) is 119 cm³/mol. The normalized spacial score (nSPS) is 10.7. The summed E-state index contributed by atoms with van der Waals surface area (Å²) in [6.45, 7) is 4.03. The van der Waals surface area contributed by atoms with E-state index in [0.717, 1.165) is 12.2 Å². The van der Waals surface area contributed by atoms with Gasteiger partial charge in [0.2, 0.25) is 5.91 Å². The Kier molecular flexibility index (Phi) is 7.30. The van der Waals surface area contributed by atoms with Crippen molar-refractivity contribution in [2.45, 2.75) is 32.0 Å². The van der Waals surface area contributed by atoms with Gasteiger partial charge in [0.15, 0.2) is 11.0 Å². The molecule has 1 amide bonds. The van der Waals surface area contributed by atoms with E-state index in [1.165, 1.54) is 23.4 Å². The monoisotopic (exact) mass is 440 g/mol. The van der Waals surface area contributed by atoms with E-state index in [9.17, 15) is 14.7 Å². The summed E-state index contributed by atoms with van der Waals surface area (Å²) < 4.78 is 7.56. The number of ether oxygens (including phenoxy) is 1. The van der Waals surface area contributed by atoms with Gasteiger partial charge in [0.05, 0.1) is 11.3 Å². The van der Waals surface area contributed by atoms with Gasteiger partial charge in [-0.1, -0.05) is 36.9 Å². The standard InChI is InChI=1S/C22H24N4O4S/c1-4-15-8-10-16(11-9-15)30-12-19-24-25-22(26(19)3)31-13-20(27)23-18-7-5-6-17(14(18)2)21(28)29/h5-11H,4,12-13H2,1-3H3,(H,23,27)(H,28,29). The SMILES string of the molecule is CCc1ccc(OCc2nnc(SCC(=O)Nc3cccc(C(=O)O)c3C)n2C)cc1. The molecule has 2 N–H and O–H groups in total. The molecule has 3 aromatic rings. The fourth-order valence-electron chi connectivity index (χ4n) is 2.88. The quantitative estimate of drug-likeness (QED) is 0.489. The summed E-state index contributed by atoms with van der Waals surface area (Å²) in [5, 5.41) is 20.8. The van der Waals surface area contributed by atoms with Crippen LogP contribution < -0.4 is 10.1 Å². The highest BCUT2D eigenvalue weighted by atomic mass is 32.2. The molecule has 0 radical (unpaired) electrons. The summed E-state index contributed by atoms with van der Waals surface area (Å²) in [5.41, 5.74) is 2.39. The van der Waals surface area contributed by atoms with Gasteiger partial charge in [-0.15, -0.1) is 10.2 Å². The molecule has 1 aromatic heterocycles. The van der Waals surface area contributed by atoms with Crippen LogP contribution in [0.2, 0.25) is 0 Å². The van der Waals surface area contributed by atoms with Crippen molar-refractivity contribution in [1.82, 2.24) is 14.8 Å². The first-order valence-corrected chi connectivity index (χ1v) is 10.7. The highest BCUT2D eigenvalue weighted by molar-refractivity contribution is 7.99. The molecule has 0 saturated heterocycles. The molecule has 9 heteroatoms. The molecule has 0 fully saturated rings. The summed E-state index contributed by atoms with van der Waals surface area (Å²) in [4.78, 5) is 23.6. The largest absolute Gasteiger partial charge is 0.486 e. The van der Waals surface area contributed by atoms with Crippen molar-refractivity contribution in [2.75, 3.05) is 11.1 Å². The zero-order valence-electron chi connectivity index (χ0n) is 17.6. The van der Waals surface area contributed by atoms with Crippen molar-refractivity contribution < 1.29 is 19.4 Å². The Balaban J connectivity index is 1.55. The summed E-state index contributed by atoms with van der Waals surface area (Å²) >= 11 is 1.24. The van der Waals surface area contributed by atoms with Gasteiger partial charge >= 0.3 is 5.97 Å². The van der Waals surface area contributed by atoms with Crippen LogP contribution in [0.3, 0.4) is 0 Å². The number of aryl methyl sites for hydroxylation is 1. The fourth-order valence-corrected chi connectivity index (χ4v) is 3.61. The maximum Gasteiger partial charge on any atom is 0.336 e. The number of hydrogen-bond acceptors (Lipinski definition) is 6. The van der Waals surface area contributed by atoms with Gasteiger partial charge in [-0.2, -0.15) is 0 Å². The number of carboxylic acids is 1. The molecule has 0 aliphatic heterocycles. The lowest BCUT2D eigenvalue weighted by molar-refractivity contribution is -0.113. The second-order valence-electron chi connectivity index (χ2n) is 6.86. The Morgan fingerprint density at radius 3 is 2.58 bits per heavy atom. The number of aromatic carboxylic acids is 1. The third-order valence-electron chi connectivity index (χ3n) is 4.80. The van der Waals surface area contributed by atoms with Crippen LogP contribution in [0.1, 0.15) is 34.2 Å². The van der Waals surface area contributed by atoms with Crippen LogP contribution in [0, 0.1) is 6.92 Å². The minimum atomic E-state index is -1.03. The second kappa shape index (κ2) is 10.1. The van der Waals surface area contributed by atoms with Crippen LogP contribution in [0.25, 0.3) is 0 Å². The molecule has 3 rings (SSSR count). The first kappa shape index (κ1) is 22.4. The van der Waals surface area contributed by atoms with Crippen LogP contribution in [-0.2, 0) is 24.9 Å². The molecule has 31 heavy (non-hydrogen) atoms. The lowest BCUT2D eigenvalue weighted by Crippen LogP contribution is -2.16. The number of carbonyl (C=O) groups is 2. The highest BCUT2D eigenvalue weighted by Crippen LogP contribution is 2.21. The second-order valence-corrected chi connectivity index (χ2v) is 7.81. The zero-order chi connectivity index (χ0) is 22.4. The van der Waals surface area contributed by atoms with E-state index >= 15 is 0 Å². The van der Waals surface area contributed by atoms with Gasteiger partial charge in [0, 0.05) is 12.7 Å². The summed E-state index contributed by atoms with van der Waals surface area (Å²) in [7, 11) is 1.82. The van der Waals surface area contributed by atoms with Crippen molar-refractivity contribution in [3.05, 3.63) is 65.0 Å². The minimum Gasteiger partial charge on any atom is -0.486 e. The van der Waals surface area contributed by atoms with Gasteiger partial charge in [0.25, 0.3) is 0 Å². The molecule has 8 nitrogen and oxygen atoms in total. The first-order chi connectivity index (χ1) is 14.9. The number of nitrogens with zero attached hydrogens (tertiary/aromatic N) is 3. The molecule has 2 aromatic carbocycles. The van der Waals surface area contributed by atoms with Crippen LogP contribution in [-0.4, -0.2) is 37.5 Å². The molecular formula is C22H24N4O4S. The van der Waals surface area contributed by atoms with Crippen molar-refractivity contribution in [1.29, 1.82) is 0 Å². The predicted octanol–water partition coefficient (Wildman–Crippen LogP) is 3.69. The lowest BCUT2D eigenvalue weighted by Gasteiger charge is -2.10. The van der Waals surface area contributed by atoms with Crippen LogP contribution in [0.5, 0.6) is 5.75 Å². The Bertz CT molecular complexity index is 1080. The molecule has 0 unspecified atom stereocenters. The van der Waals surface area contributed by atoms with Gasteiger partial charge < -0.3 is 19.7 Å². The third kappa shape index (κ3) is 5.64. The van der Waals surface area contributed by atoms with Crippen LogP contribution in [0.15, 0.2) is 47.6 Å². The number of nitrogens with one attached hydrogen (secondary N) is 1. The first-order valence-electron chi connectivity index (χ1n) is 9.74. The van der Waals surface area contributed by atoms with Crippen molar-refractivity contribution in [2.24, 2.45) is 7.05 Å². The number of hydrogen-bond donors (Lipinski definition) is 2. The maximum atomic E-state index is 12.3. The number of amides is 1. The number of rotatable bonds is 9. The van der Waals surface area contributed by atoms with E-state index in [4.69, 9.17) is 4.74 Å². The molecule has 0 aliphatic carbocycles. The van der Waals surface area contributed by atoms with Crippen LogP contribution >= 0.6 is 11.8 Å². The summed E-state index contributed by atoms with van der Waals surface area (Å²) in [5.74, 6) is 0.230. The smallest absolute Gasteiger partial charge is 0.336 e. The van der Waals surface area contributed by atoms with Gasteiger partial charge in [-0.25, -0.2) is 4.79 Å². The Labute approximate surface area is 184 Å². The highest BCUT2D eigenvalue weighted by Gasteiger charge is 2.15. The zero-order valence-corrected chi connectivity index (χ0v) is 18.4. The molecule has 0 aliphatic rings. The lowest BCUT2D eigenvalue weighted by atomic mass is 10.1. The molecule has 0 atom stereocenters. The molecule has 0 bridgehead atoms. The Morgan fingerprint density at radius 2 is 1.90 bits per heavy atom.